The molecule has 2 fully saturated rings. The van der Waals surface area contributed by atoms with Crippen molar-refractivity contribution in [2.24, 2.45) is 5.92 Å². The maximum absolute atomic E-state index is 12.8. The van der Waals surface area contributed by atoms with Gasteiger partial charge in [-0.05, 0) is 86.7 Å². The van der Waals surface area contributed by atoms with E-state index >= 15 is 0 Å². The highest BCUT2D eigenvalue weighted by Gasteiger charge is 2.48. The van der Waals surface area contributed by atoms with Crippen LogP contribution in [-0.4, -0.2) is 46.8 Å². The van der Waals surface area contributed by atoms with Crippen LogP contribution >= 0.6 is 11.6 Å². The van der Waals surface area contributed by atoms with Gasteiger partial charge in [-0.2, -0.15) is 5.10 Å². The zero-order valence-corrected chi connectivity index (χ0v) is 19.6. The van der Waals surface area contributed by atoms with E-state index in [1.807, 2.05) is 24.4 Å². The molecule has 7 heteroatoms. The Labute approximate surface area is 198 Å². The highest BCUT2D eigenvalue weighted by Crippen LogP contribution is 2.45. The Kier molecular flexibility index (Phi) is 5.11. The maximum atomic E-state index is 12.8. The number of hydrogen-bond donors (Lipinski definition) is 1. The van der Waals surface area contributed by atoms with Gasteiger partial charge in [-0.1, -0.05) is 18.5 Å². The van der Waals surface area contributed by atoms with Crippen molar-refractivity contribution in [3.05, 3.63) is 53.2 Å². The van der Waals surface area contributed by atoms with Gasteiger partial charge in [-0.25, -0.2) is 0 Å². The number of carbonyl (C=O) groups excluding carboxylic acids is 1. The summed E-state index contributed by atoms with van der Waals surface area (Å²) in [4.78, 5) is 15.2. The predicted molar refractivity (Wildman–Crippen MR) is 130 cm³/mol. The van der Waals surface area contributed by atoms with Crippen molar-refractivity contribution in [1.82, 2.24) is 14.7 Å². The van der Waals surface area contributed by atoms with E-state index in [9.17, 15) is 4.79 Å². The number of ether oxygens (including phenoxy) is 1. The van der Waals surface area contributed by atoms with Gasteiger partial charge in [0.15, 0.2) is 0 Å². The molecular formula is C26H29ClN4O2. The van der Waals surface area contributed by atoms with Crippen LogP contribution in [0.25, 0.3) is 10.9 Å². The van der Waals surface area contributed by atoms with E-state index in [1.54, 1.807) is 0 Å². The Bertz CT molecular complexity index is 1210. The third-order valence-corrected chi connectivity index (χ3v) is 8.06. The summed E-state index contributed by atoms with van der Waals surface area (Å²) in [6, 6.07) is 12.5. The van der Waals surface area contributed by atoms with E-state index in [0.29, 0.717) is 17.7 Å². The summed E-state index contributed by atoms with van der Waals surface area (Å²) in [5.74, 6) is 1.80. The first kappa shape index (κ1) is 21.0. The van der Waals surface area contributed by atoms with Crippen LogP contribution in [0.15, 0.2) is 42.6 Å². The van der Waals surface area contributed by atoms with Crippen LogP contribution in [-0.2, 0) is 10.2 Å². The number of likely N-dealkylation sites (tertiary alicyclic amines) is 1. The summed E-state index contributed by atoms with van der Waals surface area (Å²) in [7, 11) is 0. The quantitative estimate of drug-likeness (QED) is 0.575. The minimum absolute atomic E-state index is 0.112. The zero-order chi connectivity index (χ0) is 22.6. The molecule has 0 unspecified atom stereocenters. The number of hydrogen-bond acceptors (Lipinski definition) is 4. The Hall–Kier alpha value is -2.57. The van der Waals surface area contributed by atoms with Crippen LogP contribution in [0.2, 0.25) is 5.02 Å². The Morgan fingerprint density at radius 1 is 1.18 bits per heavy atom. The molecule has 1 amide bonds. The van der Waals surface area contributed by atoms with E-state index in [0.717, 1.165) is 60.8 Å². The first-order valence-corrected chi connectivity index (χ1v) is 12.3. The van der Waals surface area contributed by atoms with E-state index in [1.165, 1.54) is 18.4 Å². The predicted octanol–water partition coefficient (Wildman–Crippen LogP) is 5.03. The molecule has 6 rings (SSSR count). The second-order valence-electron chi connectivity index (χ2n) is 9.96. The standard InChI is InChI=1S/C26H29ClN4O2/c1-17-12-20(13-17)31-24-5-3-21(14-18(24)16-28-31)33-11-10-30-8-6-26(7-9-30)22-15-19(27)2-4-23(22)29-25(26)32/h2-5,14-17,20H,6-13H2,1H3,(H,29,32). The molecule has 0 bridgehead atoms. The van der Waals surface area contributed by atoms with Gasteiger partial charge < -0.3 is 10.1 Å². The molecule has 1 saturated carbocycles. The number of piperidine rings is 1. The molecule has 3 aromatic rings. The van der Waals surface area contributed by atoms with Crippen molar-refractivity contribution in [1.29, 1.82) is 0 Å². The molecule has 2 aliphatic heterocycles. The number of nitrogens with one attached hydrogen (secondary N) is 1. The number of amides is 1. The van der Waals surface area contributed by atoms with Crippen LogP contribution in [0.1, 0.15) is 44.2 Å². The highest BCUT2D eigenvalue weighted by molar-refractivity contribution is 6.31. The van der Waals surface area contributed by atoms with Gasteiger partial charge in [-0.3, -0.25) is 14.4 Å². The van der Waals surface area contributed by atoms with Crippen molar-refractivity contribution < 1.29 is 9.53 Å². The number of aromatic nitrogens is 2. The topological polar surface area (TPSA) is 59.4 Å². The van der Waals surface area contributed by atoms with Gasteiger partial charge in [-0.15, -0.1) is 0 Å². The fraction of sp³-hybridized carbons (Fsp3) is 0.462. The zero-order valence-electron chi connectivity index (χ0n) is 18.9. The Morgan fingerprint density at radius 3 is 2.79 bits per heavy atom. The summed E-state index contributed by atoms with van der Waals surface area (Å²) in [5.41, 5.74) is 2.71. The molecule has 3 aliphatic rings. The molecular weight excluding hydrogens is 436 g/mol. The largest absolute Gasteiger partial charge is 0.492 e. The molecule has 33 heavy (non-hydrogen) atoms. The van der Waals surface area contributed by atoms with E-state index in [-0.39, 0.29) is 5.91 Å². The normalized spacial score (nSPS) is 24.0. The minimum atomic E-state index is -0.443. The smallest absolute Gasteiger partial charge is 0.235 e. The second-order valence-corrected chi connectivity index (χ2v) is 10.4. The van der Waals surface area contributed by atoms with E-state index < -0.39 is 5.41 Å². The average Bonchev–Trinajstić information content (AvgIpc) is 3.32. The molecule has 3 heterocycles. The van der Waals surface area contributed by atoms with Crippen molar-refractivity contribution in [3.63, 3.8) is 0 Å². The van der Waals surface area contributed by atoms with Gasteiger partial charge in [0.05, 0.1) is 23.2 Å². The van der Waals surface area contributed by atoms with Gasteiger partial charge in [0.25, 0.3) is 0 Å². The first-order chi connectivity index (χ1) is 16.0. The lowest BCUT2D eigenvalue weighted by Crippen LogP contribution is -2.47. The molecule has 2 aromatic carbocycles. The Balaban J connectivity index is 1.05. The van der Waals surface area contributed by atoms with Crippen LogP contribution in [0.3, 0.4) is 0 Å². The third kappa shape index (κ3) is 3.60. The SMILES string of the molecule is CC1CC(n2ncc3cc(OCCN4CCC5(CC4)C(=O)Nc4ccc(Cl)cc45)ccc32)C1. The number of halogens is 1. The number of rotatable bonds is 5. The number of benzene rings is 2. The third-order valence-electron chi connectivity index (χ3n) is 7.83. The van der Waals surface area contributed by atoms with Crippen molar-refractivity contribution in [2.75, 3.05) is 31.6 Å². The second kappa shape index (κ2) is 8.03. The van der Waals surface area contributed by atoms with Gasteiger partial charge >= 0.3 is 0 Å². The molecule has 0 radical (unpaired) electrons. The van der Waals surface area contributed by atoms with Crippen molar-refractivity contribution >= 4 is 34.1 Å². The highest BCUT2D eigenvalue weighted by atomic mass is 35.5. The molecule has 172 valence electrons. The van der Waals surface area contributed by atoms with Crippen molar-refractivity contribution in [2.45, 2.75) is 44.1 Å². The number of nitrogens with zero attached hydrogens (tertiary/aromatic N) is 3. The van der Waals surface area contributed by atoms with Crippen LogP contribution in [0.5, 0.6) is 5.75 Å². The molecule has 1 saturated heterocycles. The molecule has 1 aromatic heterocycles. The fourth-order valence-corrected chi connectivity index (χ4v) is 5.98. The first-order valence-electron chi connectivity index (χ1n) is 12.0. The lowest BCUT2D eigenvalue weighted by atomic mass is 9.73. The molecule has 1 spiro atoms. The lowest BCUT2D eigenvalue weighted by Gasteiger charge is -2.38. The van der Waals surface area contributed by atoms with Crippen LogP contribution in [0, 0.1) is 5.92 Å². The monoisotopic (exact) mass is 464 g/mol. The number of carbonyl (C=O) groups is 1. The average molecular weight is 465 g/mol. The van der Waals surface area contributed by atoms with Gasteiger partial charge in [0, 0.05) is 22.6 Å². The minimum Gasteiger partial charge on any atom is -0.492 e. The molecule has 0 atom stereocenters. The molecule has 6 nitrogen and oxygen atoms in total. The summed E-state index contributed by atoms with van der Waals surface area (Å²) >= 11 is 6.23. The molecule has 1 aliphatic carbocycles. The lowest BCUT2D eigenvalue weighted by molar-refractivity contribution is -0.122. The summed E-state index contributed by atoms with van der Waals surface area (Å²) < 4.78 is 8.25. The maximum Gasteiger partial charge on any atom is 0.235 e. The van der Waals surface area contributed by atoms with Crippen LogP contribution in [0.4, 0.5) is 5.69 Å². The molecule has 1 N–H and O–H groups in total. The Morgan fingerprint density at radius 2 is 2.00 bits per heavy atom. The fourth-order valence-electron chi connectivity index (χ4n) is 5.80. The summed E-state index contributed by atoms with van der Waals surface area (Å²) in [5, 5.41) is 9.49. The van der Waals surface area contributed by atoms with Crippen molar-refractivity contribution in [3.8, 4) is 5.75 Å². The van der Waals surface area contributed by atoms with E-state index in [2.05, 4.69) is 45.1 Å². The number of fused-ring (bicyclic) bond motifs is 3. The summed E-state index contributed by atoms with van der Waals surface area (Å²) in [6.07, 6.45) is 5.99. The number of anilines is 1. The van der Waals surface area contributed by atoms with E-state index in [4.69, 9.17) is 16.3 Å². The summed E-state index contributed by atoms with van der Waals surface area (Å²) in [6.45, 7) is 5.51. The van der Waals surface area contributed by atoms with Gasteiger partial charge in [0.1, 0.15) is 12.4 Å². The van der Waals surface area contributed by atoms with Gasteiger partial charge in [0.2, 0.25) is 5.91 Å². The van der Waals surface area contributed by atoms with Crippen LogP contribution < -0.4 is 10.1 Å².